The molecule has 1 N–H and O–H groups in total. The molecular formula is C23H23N3O5S. The molecule has 1 aromatic heterocycles. The maximum Gasteiger partial charge on any atom is 0.264 e. The number of aromatic nitrogens is 1. The van der Waals surface area contributed by atoms with Gasteiger partial charge in [-0.25, -0.2) is 13.4 Å². The SMILES string of the molecule is CC(C)NC(=O)c1cnc2c(c1)N(S(=O)(=O)c1ccc(Oc3ccccc3)cc1)CCO2. The summed E-state index contributed by atoms with van der Waals surface area (Å²) in [5.41, 5.74) is 0.493. The molecule has 0 fully saturated rings. The summed E-state index contributed by atoms with van der Waals surface area (Å²) in [5.74, 6) is 1.01. The minimum atomic E-state index is -3.90. The fourth-order valence-electron chi connectivity index (χ4n) is 3.23. The summed E-state index contributed by atoms with van der Waals surface area (Å²) in [6.07, 6.45) is 1.38. The number of carbonyl (C=O) groups excluding carboxylic acids is 1. The average molecular weight is 454 g/mol. The first-order chi connectivity index (χ1) is 15.3. The highest BCUT2D eigenvalue weighted by molar-refractivity contribution is 7.92. The fraction of sp³-hybridized carbons (Fsp3) is 0.217. The molecule has 2 aromatic carbocycles. The van der Waals surface area contributed by atoms with E-state index in [1.165, 1.54) is 28.7 Å². The van der Waals surface area contributed by atoms with Crippen molar-refractivity contribution < 1.29 is 22.7 Å². The number of nitrogens with one attached hydrogen (secondary N) is 1. The number of ether oxygens (including phenoxy) is 2. The van der Waals surface area contributed by atoms with Crippen molar-refractivity contribution in [2.75, 3.05) is 17.5 Å². The summed E-state index contributed by atoms with van der Waals surface area (Å²) in [6.45, 7) is 3.95. The molecule has 166 valence electrons. The van der Waals surface area contributed by atoms with E-state index in [0.717, 1.165) is 0 Å². The van der Waals surface area contributed by atoms with Crippen molar-refractivity contribution in [2.24, 2.45) is 0 Å². The van der Waals surface area contributed by atoms with Crippen LogP contribution in [0.2, 0.25) is 0 Å². The van der Waals surface area contributed by atoms with Gasteiger partial charge in [0, 0.05) is 12.2 Å². The van der Waals surface area contributed by atoms with Gasteiger partial charge in [0.2, 0.25) is 5.88 Å². The molecule has 0 saturated heterocycles. The van der Waals surface area contributed by atoms with Gasteiger partial charge in [-0.05, 0) is 56.3 Å². The first-order valence-corrected chi connectivity index (χ1v) is 11.6. The van der Waals surface area contributed by atoms with E-state index in [1.54, 1.807) is 12.1 Å². The number of para-hydroxylation sites is 1. The number of nitrogens with zero attached hydrogens (tertiary/aromatic N) is 2. The van der Waals surface area contributed by atoms with Crippen LogP contribution in [0.5, 0.6) is 17.4 Å². The maximum atomic E-state index is 13.4. The van der Waals surface area contributed by atoms with Crippen LogP contribution < -0.4 is 19.1 Å². The predicted molar refractivity (Wildman–Crippen MR) is 120 cm³/mol. The number of hydrogen-bond donors (Lipinski definition) is 1. The van der Waals surface area contributed by atoms with Gasteiger partial charge in [0.1, 0.15) is 23.8 Å². The van der Waals surface area contributed by atoms with Crippen LogP contribution >= 0.6 is 0 Å². The number of hydrogen-bond acceptors (Lipinski definition) is 6. The second-order valence-electron chi connectivity index (χ2n) is 7.49. The number of rotatable bonds is 6. The molecule has 0 unspecified atom stereocenters. The Bertz CT molecular complexity index is 1210. The van der Waals surface area contributed by atoms with Crippen molar-refractivity contribution >= 4 is 21.6 Å². The van der Waals surface area contributed by atoms with Gasteiger partial charge in [-0.15, -0.1) is 0 Å². The van der Waals surface area contributed by atoms with Gasteiger partial charge >= 0.3 is 0 Å². The number of pyridine rings is 1. The molecule has 0 bridgehead atoms. The largest absolute Gasteiger partial charge is 0.474 e. The third kappa shape index (κ3) is 4.52. The molecule has 2 heterocycles. The molecule has 1 aliphatic rings. The van der Waals surface area contributed by atoms with Crippen LogP contribution in [-0.2, 0) is 10.0 Å². The van der Waals surface area contributed by atoms with E-state index in [4.69, 9.17) is 9.47 Å². The number of fused-ring (bicyclic) bond motifs is 1. The van der Waals surface area contributed by atoms with E-state index in [-0.39, 0.29) is 47.1 Å². The first-order valence-electron chi connectivity index (χ1n) is 10.1. The fourth-order valence-corrected chi connectivity index (χ4v) is 4.67. The second-order valence-corrected chi connectivity index (χ2v) is 9.35. The first kappa shape index (κ1) is 21.6. The van der Waals surface area contributed by atoms with E-state index in [9.17, 15) is 13.2 Å². The minimum absolute atomic E-state index is 0.0637. The van der Waals surface area contributed by atoms with Crippen LogP contribution in [0.1, 0.15) is 24.2 Å². The number of carbonyl (C=O) groups is 1. The molecule has 8 nitrogen and oxygen atoms in total. The number of sulfonamides is 1. The van der Waals surface area contributed by atoms with E-state index in [0.29, 0.717) is 11.5 Å². The van der Waals surface area contributed by atoms with E-state index in [2.05, 4.69) is 10.3 Å². The van der Waals surface area contributed by atoms with Crippen molar-refractivity contribution in [3.63, 3.8) is 0 Å². The standard InChI is InChI=1S/C23H23N3O5S/c1-16(2)25-22(27)17-14-21-23(24-15-17)30-13-12-26(21)32(28,29)20-10-8-19(9-11-20)31-18-6-4-3-5-7-18/h3-11,14-16H,12-13H2,1-2H3,(H,25,27). The van der Waals surface area contributed by atoms with Crippen LogP contribution in [0.3, 0.4) is 0 Å². The summed E-state index contributed by atoms with van der Waals surface area (Å²) in [6, 6.07) is 16.8. The minimum Gasteiger partial charge on any atom is -0.474 e. The molecular weight excluding hydrogens is 430 g/mol. The average Bonchev–Trinajstić information content (AvgIpc) is 2.79. The third-order valence-corrected chi connectivity index (χ3v) is 6.53. The summed E-state index contributed by atoms with van der Waals surface area (Å²) in [4.78, 5) is 16.6. The van der Waals surface area contributed by atoms with Crippen molar-refractivity contribution in [2.45, 2.75) is 24.8 Å². The van der Waals surface area contributed by atoms with Gasteiger partial charge in [0.15, 0.2) is 0 Å². The lowest BCUT2D eigenvalue weighted by molar-refractivity contribution is 0.0942. The molecule has 32 heavy (non-hydrogen) atoms. The number of benzene rings is 2. The lowest BCUT2D eigenvalue weighted by atomic mass is 10.2. The second kappa shape index (κ2) is 8.88. The Balaban J connectivity index is 1.61. The molecule has 0 aliphatic carbocycles. The molecule has 1 amide bonds. The van der Waals surface area contributed by atoms with Crippen LogP contribution in [0.15, 0.2) is 71.8 Å². The van der Waals surface area contributed by atoms with Gasteiger partial charge < -0.3 is 14.8 Å². The van der Waals surface area contributed by atoms with E-state index >= 15 is 0 Å². The van der Waals surface area contributed by atoms with Crippen molar-refractivity contribution in [3.05, 3.63) is 72.4 Å². The lowest BCUT2D eigenvalue weighted by Crippen LogP contribution is -2.38. The Morgan fingerprint density at radius 1 is 1.09 bits per heavy atom. The third-order valence-electron chi connectivity index (χ3n) is 4.71. The van der Waals surface area contributed by atoms with Crippen molar-refractivity contribution in [1.29, 1.82) is 0 Å². The van der Waals surface area contributed by atoms with Crippen molar-refractivity contribution in [3.8, 4) is 17.4 Å². The lowest BCUT2D eigenvalue weighted by Gasteiger charge is -2.30. The number of anilines is 1. The highest BCUT2D eigenvalue weighted by Gasteiger charge is 2.32. The zero-order valence-corrected chi connectivity index (χ0v) is 18.5. The quantitative estimate of drug-likeness (QED) is 0.612. The molecule has 0 atom stereocenters. The molecule has 3 aromatic rings. The topological polar surface area (TPSA) is 97.8 Å². The summed E-state index contributed by atoms with van der Waals surface area (Å²) in [7, 11) is -3.90. The monoisotopic (exact) mass is 453 g/mol. The van der Waals surface area contributed by atoms with Gasteiger partial charge in [0.25, 0.3) is 15.9 Å². The van der Waals surface area contributed by atoms with Gasteiger partial charge in [0.05, 0.1) is 17.0 Å². The Kier molecular flexibility index (Phi) is 6.00. The summed E-state index contributed by atoms with van der Waals surface area (Å²) >= 11 is 0. The Morgan fingerprint density at radius 3 is 2.47 bits per heavy atom. The van der Waals surface area contributed by atoms with Crippen LogP contribution in [-0.4, -0.2) is 38.5 Å². The summed E-state index contributed by atoms with van der Waals surface area (Å²) < 4.78 is 39.2. The maximum absolute atomic E-state index is 13.4. The molecule has 0 radical (unpaired) electrons. The highest BCUT2D eigenvalue weighted by Crippen LogP contribution is 2.35. The molecule has 4 rings (SSSR count). The summed E-state index contributed by atoms with van der Waals surface area (Å²) in [5, 5.41) is 2.78. The molecule has 0 saturated carbocycles. The van der Waals surface area contributed by atoms with Gasteiger partial charge in [-0.1, -0.05) is 18.2 Å². The van der Waals surface area contributed by atoms with Gasteiger partial charge in [-0.2, -0.15) is 0 Å². The van der Waals surface area contributed by atoms with Crippen LogP contribution in [0, 0.1) is 0 Å². The van der Waals surface area contributed by atoms with Crippen LogP contribution in [0.25, 0.3) is 0 Å². The molecule has 0 spiro atoms. The normalized spacial score (nSPS) is 13.3. The molecule has 1 aliphatic heterocycles. The van der Waals surface area contributed by atoms with E-state index < -0.39 is 10.0 Å². The number of amides is 1. The zero-order chi connectivity index (χ0) is 22.7. The Morgan fingerprint density at radius 2 is 1.78 bits per heavy atom. The molecule has 9 heteroatoms. The van der Waals surface area contributed by atoms with Crippen LogP contribution in [0.4, 0.5) is 5.69 Å². The zero-order valence-electron chi connectivity index (χ0n) is 17.7. The Hall–Kier alpha value is -3.59. The Labute approximate surface area is 186 Å². The van der Waals surface area contributed by atoms with Gasteiger partial charge in [-0.3, -0.25) is 9.10 Å². The van der Waals surface area contributed by atoms with Crippen molar-refractivity contribution in [1.82, 2.24) is 10.3 Å². The smallest absolute Gasteiger partial charge is 0.264 e. The predicted octanol–water partition coefficient (Wildman–Crippen LogP) is 3.60. The highest BCUT2D eigenvalue weighted by atomic mass is 32.2. The van der Waals surface area contributed by atoms with E-state index in [1.807, 2.05) is 44.2 Å².